The first kappa shape index (κ1) is 13.3. The molecule has 4 heteroatoms. The van der Waals surface area contributed by atoms with Gasteiger partial charge in [-0.05, 0) is 39.9 Å². The van der Waals surface area contributed by atoms with Gasteiger partial charge in [-0.2, -0.15) is 0 Å². The summed E-state index contributed by atoms with van der Waals surface area (Å²) in [6.45, 7) is 6.74. The molecule has 1 N–H and O–H groups in total. The number of likely N-dealkylation sites (N-methyl/N-ethyl adjacent to an activating group) is 2. The van der Waals surface area contributed by atoms with E-state index in [4.69, 9.17) is 4.74 Å². The topological polar surface area (TPSA) is 27.7 Å². The van der Waals surface area contributed by atoms with Crippen molar-refractivity contribution in [3.63, 3.8) is 0 Å². The van der Waals surface area contributed by atoms with E-state index in [9.17, 15) is 0 Å². The number of hydrogen-bond acceptors (Lipinski definition) is 4. The Morgan fingerprint density at radius 2 is 2.18 bits per heavy atom. The van der Waals surface area contributed by atoms with Crippen molar-refractivity contribution in [3.05, 3.63) is 0 Å². The van der Waals surface area contributed by atoms with Crippen molar-refractivity contribution in [3.8, 4) is 0 Å². The summed E-state index contributed by atoms with van der Waals surface area (Å²) in [4.78, 5) is 4.89. The molecule has 0 aliphatic carbocycles. The Bertz CT molecular complexity index is 219. The highest BCUT2D eigenvalue weighted by atomic mass is 16.5. The second kappa shape index (κ2) is 6.69. The number of nitrogens with zero attached hydrogens (tertiary/aromatic N) is 2. The minimum Gasteiger partial charge on any atom is -0.378 e. The second-order valence-electron chi connectivity index (χ2n) is 5.52. The van der Waals surface area contributed by atoms with Gasteiger partial charge in [-0.1, -0.05) is 0 Å². The van der Waals surface area contributed by atoms with Gasteiger partial charge in [-0.3, -0.25) is 4.90 Å². The number of hydrogen-bond donors (Lipinski definition) is 1. The lowest BCUT2D eigenvalue weighted by atomic mass is 10.1. The molecule has 2 aliphatic rings. The Balaban J connectivity index is 1.57. The molecule has 2 fully saturated rings. The third-order valence-electron chi connectivity index (χ3n) is 4.03. The minimum absolute atomic E-state index is 0.522. The molecule has 0 amide bonds. The van der Waals surface area contributed by atoms with Gasteiger partial charge in [0.1, 0.15) is 0 Å². The van der Waals surface area contributed by atoms with E-state index in [-0.39, 0.29) is 0 Å². The van der Waals surface area contributed by atoms with Crippen molar-refractivity contribution in [1.29, 1.82) is 0 Å². The lowest BCUT2D eigenvalue weighted by Crippen LogP contribution is -2.53. The van der Waals surface area contributed by atoms with E-state index in [1.807, 2.05) is 0 Å². The Kier molecular flexibility index (Phi) is 5.22. The molecule has 0 saturated carbocycles. The van der Waals surface area contributed by atoms with Crippen molar-refractivity contribution < 1.29 is 4.74 Å². The van der Waals surface area contributed by atoms with Crippen molar-refractivity contribution in [2.24, 2.45) is 0 Å². The van der Waals surface area contributed by atoms with Crippen LogP contribution in [0.15, 0.2) is 0 Å². The highest BCUT2D eigenvalue weighted by Crippen LogP contribution is 2.14. The molecule has 0 aromatic carbocycles. The fourth-order valence-electron chi connectivity index (χ4n) is 2.73. The van der Waals surface area contributed by atoms with Crippen LogP contribution >= 0.6 is 0 Å². The molecule has 2 atom stereocenters. The first-order valence-electron chi connectivity index (χ1n) is 6.97. The predicted octanol–water partition coefficient (Wildman–Crippen LogP) is 0.391. The number of nitrogens with one attached hydrogen (secondary N) is 1. The average molecular weight is 241 g/mol. The molecule has 2 unspecified atom stereocenters. The van der Waals surface area contributed by atoms with Crippen molar-refractivity contribution in [2.45, 2.75) is 31.4 Å². The van der Waals surface area contributed by atoms with Crippen molar-refractivity contribution >= 4 is 0 Å². The van der Waals surface area contributed by atoms with Crippen molar-refractivity contribution in [1.82, 2.24) is 15.1 Å². The standard InChI is InChI=1S/C13H27N3O/c1-15-7-8-16(2)12(11-15)10-14-6-5-13-4-3-9-17-13/h12-14H,3-11H2,1-2H3. The van der Waals surface area contributed by atoms with Gasteiger partial charge in [-0.15, -0.1) is 0 Å². The summed E-state index contributed by atoms with van der Waals surface area (Å²) < 4.78 is 5.62. The highest BCUT2D eigenvalue weighted by molar-refractivity contribution is 4.80. The first-order chi connectivity index (χ1) is 8.25. The molecule has 2 aliphatic heterocycles. The number of ether oxygens (including phenoxy) is 1. The van der Waals surface area contributed by atoms with Crippen LogP contribution in [0.3, 0.4) is 0 Å². The fraction of sp³-hybridized carbons (Fsp3) is 1.00. The minimum atomic E-state index is 0.522. The van der Waals surface area contributed by atoms with Crippen LogP contribution in [0.5, 0.6) is 0 Å². The van der Waals surface area contributed by atoms with Crippen LogP contribution in [-0.4, -0.2) is 75.4 Å². The number of rotatable bonds is 5. The van der Waals surface area contributed by atoms with Crippen LogP contribution in [0.4, 0.5) is 0 Å². The summed E-state index contributed by atoms with van der Waals surface area (Å²) in [6, 6.07) is 0.665. The normalized spacial score (nSPS) is 32.1. The zero-order chi connectivity index (χ0) is 12.1. The zero-order valence-electron chi connectivity index (χ0n) is 11.3. The third-order valence-corrected chi connectivity index (χ3v) is 4.03. The SMILES string of the molecule is CN1CCN(C)C(CNCCC2CCCO2)C1. The Labute approximate surface area is 105 Å². The molecule has 2 rings (SSSR count). The summed E-state index contributed by atoms with van der Waals surface area (Å²) in [5.41, 5.74) is 0. The average Bonchev–Trinajstić information content (AvgIpc) is 2.82. The molecule has 0 aromatic rings. The maximum absolute atomic E-state index is 5.62. The van der Waals surface area contributed by atoms with Crippen LogP contribution in [-0.2, 0) is 4.74 Å². The van der Waals surface area contributed by atoms with Gasteiger partial charge in [0.15, 0.2) is 0 Å². The van der Waals surface area contributed by atoms with Gasteiger partial charge >= 0.3 is 0 Å². The molecule has 2 heterocycles. The lowest BCUT2D eigenvalue weighted by molar-refractivity contribution is 0.0982. The molecule has 2 saturated heterocycles. The van der Waals surface area contributed by atoms with E-state index in [1.54, 1.807) is 0 Å². The van der Waals surface area contributed by atoms with Crippen LogP contribution in [0, 0.1) is 0 Å². The van der Waals surface area contributed by atoms with Crippen LogP contribution in [0.2, 0.25) is 0 Å². The molecular weight excluding hydrogens is 214 g/mol. The van der Waals surface area contributed by atoms with Gasteiger partial charge in [0, 0.05) is 38.8 Å². The van der Waals surface area contributed by atoms with Crippen molar-refractivity contribution in [2.75, 3.05) is 53.4 Å². The summed E-state index contributed by atoms with van der Waals surface area (Å²) in [7, 11) is 4.45. The maximum atomic E-state index is 5.62. The molecular formula is C13H27N3O. The van der Waals surface area contributed by atoms with Gasteiger partial charge in [0.05, 0.1) is 6.10 Å². The fourth-order valence-corrected chi connectivity index (χ4v) is 2.73. The third kappa shape index (κ3) is 4.21. The lowest BCUT2D eigenvalue weighted by Gasteiger charge is -2.37. The molecule has 0 radical (unpaired) electrons. The smallest absolute Gasteiger partial charge is 0.0588 e. The molecule has 17 heavy (non-hydrogen) atoms. The van der Waals surface area contributed by atoms with Gasteiger partial charge in [0.2, 0.25) is 0 Å². The maximum Gasteiger partial charge on any atom is 0.0588 e. The Hall–Kier alpha value is -0.160. The van der Waals surface area contributed by atoms with Gasteiger partial charge < -0.3 is 15.0 Å². The van der Waals surface area contributed by atoms with Gasteiger partial charge in [0.25, 0.3) is 0 Å². The summed E-state index contributed by atoms with van der Waals surface area (Å²) in [6.07, 6.45) is 4.20. The molecule has 0 aromatic heterocycles. The van der Waals surface area contributed by atoms with E-state index in [2.05, 4.69) is 29.2 Å². The molecule has 0 spiro atoms. The highest BCUT2D eigenvalue weighted by Gasteiger charge is 2.21. The number of piperazine rings is 1. The van der Waals surface area contributed by atoms with E-state index in [1.165, 1.54) is 38.9 Å². The summed E-state index contributed by atoms with van der Waals surface area (Å²) in [5, 5.41) is 3.58. The van der Waals surface area contributed by atoms with Crippen LogP contribution < -0.4 is 5.32 Å². The van der Waals surface area contributed by atoms with E-state index in [0.29, 0.717) is 12.1 Å². The van der Waals surface area contributed by atoms with E-state index >= 15 is 0 Å². The molecule has 100 valence electrons. The monoisotopic (exact) mass is 241 g/mol. The quantitative estimate of drug-likeness (QED) is 0.705. The Morgan fingerprint density at radius 3 is 2.94 bits per heavy atom. The summed E-state index contributed by atoms with van der Waals surface area (Å²) in [5.74, 6) is 0. The molecule has 0 bridgehead atoms. The largest absolute Gasteiger partial charge is 0.378 e. The predicted molar refractivity (Wildman–Crippen MR) is 70.4 cm³/mol. The van der Waals surface area contributed by atoms with Crippen LogP contribution in [0.25, 0.3) is 0 Å². The Morgan fingerprint density at radius 1 is 1.29 bits per heavy atom. The van der Waals surface area contributed by atoms with Gasteiger partial charge in [-0.25, -0.2) is 0 Å². The van der Waals surface area contributed by atoms with E-state index in [0.717, 1.165) is 19.7 Å². The van der Waals surface area contributed by atoms with Crippen LogP contribution in [0.1, 0.15) is 19.3 Å². The van der Waals surface area contributed by atoms with E-state index < -0.39 is 0 Å². The molecule has 4 nitrogen and oxygen atoms in total. The summed E-state index contributed by atoms with van der Waals surface area (Å²) >= 11 is 0. The zero-order valence-corrected chi connectivity index (χ0v) is 11.3. The first-order valence-corrected chi connectivity index (χ1v) is 6.97. The second-order valence-corrected chi connectivity index (χ2v) is 5.52.